The van der Waals surface area contributed by atoms with Gasteiger partial charge in [-0.3, -0.25) is 4.79 Å². The molecule has 2 aromatic carbocycles. The van der Waals surface area contributed by atoms with Crippen molar-refractivity contribution in [2.75, 3.05) is 19.8 Å². The Morgan fingerprint density at radius 1 is 0.971 bits per heavy atom. The molecule has 3 aromatic rings. The Morgan fingerprint density at radius 2 is 1.79 bits per heavy atom. The highest BCUT2D eigenvalue weighted by atomic mass is 16.6. The first-order valence-corrected chi connectivity index (χ1v) is 11.9. The van der Waals surface area contributed by atoms with Crippen molar-refractivity contribution in [3.63, 3.8) is 0 Å². The highest BCUT2D eigenvalue weighted by Crippen LogP contribution is 2.41. The third-order valence-corrected chi connectivity index (χ3v) is 6.80. The number of carbonyl (C=O) groups excluding carboxylic acids is 1. The summed E-state index contributed by atoms with van der Waals surface area (Å²) in [6.07, 6.45) is 7.08. The lowest BCUT2D eigenvalue weighted by molar-refractivity contribution is 0.0956. The standard InChI is InChI=1S/C28H26N2O4/c31-17-21-15-22-26(18-7-3-1-4-8-18)27(19-9-5-2-6-10-19)29-30(22)28(32)25(21)20-11-12-23-24(16-20)34-14-13-33-23/h2,5-7,9-12,16,31H,1,3-4,8,13-15,17H2. The van der Waals surface area contributed by atoms with E-state index in [4.69, 9.17) is 14.6 Å². The van der Waals surface area contributed by atoms with E-state index in [0.29, 0.717) is 47.8 Å². The summed E-state index contributed by atoms with van der Waals surface area (Å²) in [5.41, 5.74) is 6.87. The van der Waals surface area contributed by atoms with Gasteiger partial charge < -0.3 is 14.6 Å². The van der Waals surface area contributed by atoms with E-state index in [1.54, 1.807) is 4.68 Å². The molecule has 172 valence electrons. The molecule has 0 fully saturated rings. The average Bonchev–Trinajstić information content (AvgIpc) is 3.29. The number of hydrogen-bond donors (Lipinski definition) is 1. The second kappa shape index (κ2) is 8.61. The van der Waals surface area contributed by atoms with E-state index in [9.17, 15) is 9.90 Å². The smallest absolute Gasteiger partial charge is 0.279 e. The molecule has 6 heteroatoms. The fourth-order valence-electron chi connectivity index (χ4n) is 5.19. The number of fused-ring (bicyclic) bond motifs is 2. The van der Waals surface area contributed by atoms with Crippen LogP contribution in [-0.2, 0) is 6.42 Å². The van der Waals surface area contributed by atoms with Crippen LogP contribution >= 0.6 is 0 Å². The number of allylic oxidation sites excluding steroid dienone is 3. The van der Waals surface area contributed by atoms with Crippen molar-refractivity contribution in [1.29, 1.82) is 0 Å². The summed E-state index contributed by atoms with van der Waals surface area (Å²) in [6.45, 7) is 0.784. The van der Waals surface area contributed by atoms with E-state index in [-0.39, 0.29) is 12.5 Å². The number of carbonyl (C=O) groups is 1. The minimum absolute atomic E-state index is 0.195. The maximum atomic E-state index is 13.9. The molecule has 0 radical (unpaired) electrons. The molecule has 3 aliphatic rings. The zero-order chi connectivity index (χ0) is 23.1. The van der Waals surface area contributed by atoms with Gasteiger partial charge >= 0.3 is 0 Å². The molecule has 3 heterocycles. The van der Waals surface area contributed by atoms with Gasteiger partial charge in [-0.15, -0.1) is 0 Å². The van der Waals surface area contributed by atoms with Crippen molar-refractivity contribution in [1.82, 2.24) is 9.78 Å². The van der Waals surface area contributed by atoms with Crippen molar-refractivity contribution in [2.45, 2.75) is 32.1 Å². The van der Waals surface area contributed by atoms with E-state index in [0.717, 1.165) is 41.8 Å². The van der Waals surface area contributed by atoms with Crippen molar-refractivity contribution in [2.24, 2.45) is 0 Å². The van der Waals surface area contributed by atoms with Crippen molar-refractivity contribution in [3.05, 3.63) is 77.0 Å². The van der Waals surface area contributed by atoms with Crippen LogP contribution in [0.15, 0.2) is 60.2 Å². The molecule has 6 rings (SSSR count). The number of hydrogen-bond acceptors (Lipinski definition) is 5. The maximum absolute atomic E-state index is 13.9. The first-order chi connectivity index (χ1) is 16.7. The van der Waals surface area contributed by atoms with Gasteiger partial charge in [0, 0.05) is 17.5 Å². The van der Waals surface area contributed by atoms with Gasteiger partial charge in [0.1, 0.15) is 18.9 Å². The van der Waals surface area contributed by atoms with Gasteiger partial charge in [0.25, 0.3) is 5.91 Å². The maximum Gasteiger partial charge on any atom is 0.279 e. The van der Waals surface area contributed by atoms with E-state index in [1.807, 2.05) is 48.5 Å². The molecular formula is C28H26N2O4. The van der Waals surface area contributed by atoms with Crippen molar-refractivity contribution < 1.29 is 19.4 Å². The number of nitrogens with zero attached hydrogens (tertiary/aromatic N) is 2. The molecule has 0 spiro atoms. The minimum Gasteiger partial charge on any atom is -0.486 e. The number of aliphatic hydroxyl groups is 1. The third kappa shape index (κ3) is 3.46. The summed E-state index contributed by atoms with van der Waals surface area (Å²) in [7, 11) is 0. The summed E-state index contributed by atoms with van der Waals surface area (Å²) in [5, 5.41) is 15.2. The number of ether oxygens (including phenoxy) is 2. The van der Waals surface area contributed by atoms with Crippen LogP contribution in [0.25, 0.3) is 22.4 Å². The fourth-order valence-corrected chi connectivity index (χ4v) is 5.19. The second-order valence-electron chi connectivity index (χ2n) is 8.90. The van der Waals surface area contributed by atoms with Gasteiger partial charge in [0.15, 0.2) is 11.5 Å². The predicted octanol–water partition coefficient (Wildman–Crippen LogP) is 4.92. The van der Waals surface area contributed by atoms with Crippen LogP contribution in [-0.4, -0.2) is 40.6 Å². The van der Waals surface area contributed by atoms with Crippen LogP contribution in [0.2, 0.25) is 0 Å². The van der Waals surface area contributed by atoms with E-state index in [2.05, 4.69) is 6.08 Å². The number of rotatable bonds is 4. The molecule has 0 saturated heterocycles. The molecule has 0 amide bonds. The minimum atomic E-state index is -0.221. The Labute approximate surface area is 198 Å². The predicted molar refractivity (Wildman–Crippen MR) is 130 cm³/mol. The molecule has 34 heavy (non-hydrogen) atoms. The quantitative estimate of drug-likeness (QED) is 0.606. The van der Waals surface area contributed by atoms with Gasteiger partial charge in [0.05, 0.1) is 17.9 Å². The molecule has 1 N–H and O–H groups in total. The monoisotopic (exact) mass is 454 g/mol. The lowest BCUT2D eigenvalue weighted by Crippen LogP contribution is -2.25. The first-order valence-electron chi connectivity index (χ1n) is 11.9. The highest BCUT2D eigenvalue weighted by molar-refractivity contribution is 6.23. The van der Waals surface area contributed by atoms with Crippen LogP contribution in [0.1, 0.15) is 47.3 Å². The molecule has 0 unspecified atom stereocenters. The van der Waals surface area contributed by atoms with E-state index in [1.165, 1.54) is 12.0 Å². The first kappa shape index (κ1) is 20.9. The van der Waals surface area contributed by atoms with Gasteiger partial charge in [0.2, 0.25) is 0 Å². The number of aliphatic hydroxyl groups excluding tert-OH is 1. The topological polar surface area (TPSA) is 73.6 Å². The Balaban J connectivity index is 1.51. The zero-order valence-electron chi connectivity index (χ0n) is 18.9. The molecule has 6 nitrogen and oxygen atoms in total. The second-order valence-corrected chi connectivity index (χ2v) is 8.90. The average molecular weight is 455 g/mol. The number of benzene rings is 2. The highest BCUT2D eigenvalue weighted by Gasteiger charge is 2.33. The summed E-state index contributed by atoms with van der Waals surface area (Å²) in [5.74, 6) is 1.06. The van der Waals surface area contributed by atoms with Gasteiger partial charge in [-0.1, -0.05) is 42.5 Å². The molecule has 0 saturated carbocycles. The van der Waals surface area contributed by atoms with Crippen LogP contribution < -0.4 is 9.47 Å². The summed E-state index contributed by atoms with van der Waals surface area (Å²) in [6, 6.07) is 15.5. The van der Waals surface area contributed by atoms with Gasteiger partial charge in [-0.2, -0.15) is 9.78 Å². The van der Waals surface area contributed by atoms with E-state index < -0.39 is 0 Å². The lowest BCUT2D eigenvalue weighted by Gasteiger charge is -2.23. The summed E-state index contributed by atoms with van der Waals surface area (Å²) < 4.78 is 12.9. The SMILES string of the molecule is O=C1C(c2ccc3c(c2)OCCO3)=C(CO)Cc2c(C3=CCCCC3)c(-c3ccccc3)nn21. The Bertz CT molecular complexity index is 1330. The van der Waals surface area contributed by atoms with Gasteiger partial charge in [-0.25, -0.2) is 0 Å². The largest absolute Gasteiger partial charge is 0.486 e. The van der Waals surface area contributed by atoms with Crippen LogP contribution in [0, 0.1) is 0 Å². The third-order valence-electron chi connectivity index (χ3n) is 6.80. The van der Waals surface area contributed by atoms with Crippen LogP contribution in [0.4, 0.5) is 0 Å². The van der Waals surface area contributed by atoms with E-state index >= 15 is 0 Å². The Kier molecular flexibility index (Phi) is 5.30. The lowest BCUT2D eigenvalue weighted by atomic mass is 9.86. The fraction of sp³-hybridized carbons (Fsp3) is 0.286. The zero-order valence-corrected chi connectivity index (χ0v) is 18.9. The number of aromatic nitrogens is 2. The normalized spacial score (nSPS) is 17.4. The summed E-state index contributed by atoms with van der Waals surface area (Å²) >= 11 is 0. The molecule has 2 aliphatic heterocycles. The van der Waals surface area contributed by atoms with Gasteiger partial charge in [-0.05, 0) is 54.5 Å². The van der Waals surface area contributed by atoms with Crippen molar-refractivity contribution in [3.8, 4) is 22.8 Å². The summed E-state index contributed by atoms with van der Waals surface area (Å²) in [4.78, 5) is 13.9. The van der Waals surface area contributed by atoms with Crippen LogP contribution in [0.5, 0.6) is 11.5 Å². The van der Waals surface area contributed by atoms with Crippen molar-refractivity contribution >= 4 is 17.1 Å². The molecule has 0 bridgehead atoms. The van der Waals surface area contributed by atoms with Crippen LogP contribution in [0.3, 0.4) is 0 Å². The molecular weight excluding hydrogens is 428 g/mol. The Morgan fingerprint density at radius 3 is 2.56 bits per heavy atom. The molecule has 0 atom stereocenters. The Hall–Kier alpha value is -3.64. The molecule has 1 aromatic heterocycles. The molecule has 1 aliphatic carbocycles.